The minimum absolute atomic E-state index is 0.0226. The summed E-state index contributed by atoms with van der Waals surface area (Å²) in [5.41, 5.74) is 1.19. The molecule has 140 valence electrons. The van der Waals surface area contributed by atoms with Crippen molar-refractivity contribution in [1.82, 2.24) is 4.98 Å². The van der Waals surface area contributed by atoms with E-state index in [2.05, 4.69) is 4.98 Å². The molecule has 1 heterocycles. The second-order valence-electron chi connectivity index (χ2n) is 7.28. The van der Waals surface area contributed by atoms with Crippen LogP contribution in [0.5, 0.6) is 5.75 Å². The number of carbonyl (C=O) groups excluding carboxylic acids is 1. The smallest absolute Gasteiger partial charge is 0.307 e. The molecule has 0 radical (unpaired) electrons. The normalized spacial score (nSPS) is 12.6. The van der Waals surface area contributed by atoms with Crippen LogP contribution in [-0.4, -0.2) is 28.4 Å². The standard InChI is InChI=1S/C20H25NO4S/c1-5-25-16-8-6-13(7-9-16)18-21-14(12-26-18)10-15(22)11-17(19(23)24)20(2,3)4/h6-9,12,17H,5,10-11H2,1-4H3,(H,23,24). The van der Waals surface area contributed by atoms with Crippen molar-refractivity contribution in [2.45, 2.75) is 40.5 Å². The number of Topliss-reactive ketones (excluding diaryl/α,β-unsaturated/α-hetero) is 1. The number of hydrogen-bond donors (Lipinski definition) is 1. The van der Waals surface area contributed by atoms with Gasteiger partial charge in [-0.2, -0.15) is 0 Å². The fraction of sp³-hybridized carbons (Fsp3) is 0.450. The number of carboxylic acid groups (broad SMARTS) is 1. The first-order chi connectivity index (χ1) is 12.2. The summed E-state index contributed by atoms with van der Waals surface area (Å²) in [5, 5.41) is 12.1. The maximum atomic E-state index is 12.3. The van der Waals surface area contributed by atoms with Crippen LogP contribution in [0.15, 0.2) is 29.6 Å². The van der Waals surface area contributed by atoms with Crippen LogP contribution in [0, 0.1) is 11.3 Å². The van der Waals surface area contributed by atoms with Crippen molar-refractivity contribution in [3.8, 4) is 16.3 Å². The predicted molar refractivity (Wildman–Crippen MR) is 103 cm³/mol. The van der Waals surface area contributed by atoms with Crippen LogP contribution >= 0.6 is 11.3 Å². The van der Waals surface area contributed by atoms with Gasteiger partial charge in [-0.1, -0.05) is 20.8 Å². The molecule has 0 saturated carbocycles. The zero-order valence-corrected chi connectivity index (χ0v) is 16.4. The zero-order chi connectivity index (χ0) is 19.3. The van der Waals surface area contributed by atoms with E-state index >= 15 is 0 Å². The lowest BCUT2D eigenvalue weighted by atomic mass is 9.77. The molecule has 2 rings (SSSR count). The van der Waals surface area contributed by atoms with Gasteiger partial charge in [0.05, 0.1) is 18.2 Å². The fourth-order valence-electron chi connectivity index (χ4n) is 2.65. The maximum absolute atomic E-state index is 12.3. The van der Waals surface area contributed by atoms with Crippen LogP contribution in [0.3, 0.4) is 0 Å². The van der Waals surface area contributed by atoms with Gasteiger partial charge < -0.3 is 9.84 Å². The number of aliphatic carboxylic acids is 1. The monoisotopic (exact) mass is 375 g/mol. The summed E-state index contributed by atoms with van der Waals surface area (Å²) in [6.45, 7) is 8.07. The first-order valence-corrected chi connectivity index (χ1v) is 9.50. The number of benzene rings is 1. The Labute approximate surface area is 158 Å². The topological polar surface area (TPSA) is 76.5 Å². The summed E-state index contributed by atoms with van der Waals surface area (Å²) < 4.78 is 5.43. The third-order valence-corrected chi connectivity index (χ3v) is 5.06. The van der Waals surface area contributed by atoms with Gasteiger partial charge >= 0.3 is 5.97 Å². The molecule has 26 heavy (non-hydrogen) atoms. The number of carboxylic acids is 1. The summed E-state index contributed by atoms with van der Waals surface area (Å²) in [6.07, 6.45) is 0.183. The van der Waals surface area contributed by atoms with E-state index in [9.17, 15) is 14.7 Å². The Morgan fingerprint density at radius 3 is 2.42 bits per heavy atom. The van der Waals surface area contributed by atoms with Crippen molar-refractivity contribution in [3.05, 3.63) is 35.3 Å². The van der Waals surface area contributed by atoms with E-state index in [1.807, 2.05) is 57.3 Å². The van der Waals surface area contributed by atoms with Crippen LogP contribution in [0.2, 0.25) is 0 Å². The average Bonchev–Trinajstić information content (AvgIpc) is 3.00. The van der Waals surface area contributed by atoms with Crippen LogP contribution in [0.1, 0.15) is 39.8 Å². The second kappa shape index (κ2) is 8.45. The molecule has 2 aromatic rings. The number of ether oxygens (including phenoxy) is 1. The van der Waals surface area contributed by atoms with Crippen molar-refractivity contribution in [2.24, 2.45) is 11.3 Å². The highest BCUT2D eigenvalue weighted by Gasteiger charge is 2.33. The summed E-state index contributed by atoms with van der Waals surface area (Å²) in [7, 11) is 0. The molecule has 0 fully saturated rings. The lowest BCUT2D eigenvalue weighted by molar-refractivity contribution is -0.147. The van der Waals surface area contributed by atoms with E-state index in [0.29, 0.717) is 12.3 Å². The van der Waals surface area contributed by atoms with Crippen LogP contribution in [0.4, 0.5) is 0 Å². The fourth-order valence-corrected chi connectivity index (χ4v) is 3.47. The molecule has 0 amide bonds. The van der Waals surface area contributed by atoms with Gasteiger partial charge in [0.25, 0.3) is 0 Å². The molecular formula is C20H25NO4S. The first-order valence-electron chi connectivity index (χ1n) is 8.63. The Hall–Kier alpha value is -2.21. The third kappa shape index (κ3) is 5.39. The largest absolute Gasteiger partial charge is 0.494 e. The van der Waals surface area contributed by atoms with Crippen LogP contribution in [0.25, 0.3) is 10.6 Å². The van der Waals surface area contributed by atoms with E-state index < -0.39 is 17.3 Å². The number of nitrogens with zero attached hydrogens (tertiary/aromatic N) is 1. The minimum Gasteiger partial charge on any atom is -0.494 e. The highest BCUT2D eigenvalue weighted by atomic mass is 32.1. The van der Waals surface area contributed by atoms with Gasteiger partial charge in [-0.25, -0.2) is 4.98 Å². The third-order valence-electron chi connectivity index (χ3n) is 4.12. The Morgan fingerprint density at radius 1 is 1.23 bits per heavy atom. The molecule has 0 aliphatic heterocycles. The number of rotatable bonds is 8. The lowest BCUT2D eigenvalue weighted by Gasteiger charge is -2.26. The number of carbonyl (C=O) groups is 2. The molecule has 1 aromatic heterocycles. The molecule has 0 aliphatic carbocycles. The Balaban J connectivity index is 2.03. The Morgan fingerprint density at radius 2 is 1.88 bits per heavy atom. The molecule has 1 atom stereocenters. The second-order valence-corrected chi connectivity index (χ2v) is 8.14. The summed E-state index contributed by atoms with van der Waals surface area (Å²) in [5.74, 6) is -0.917. The molecule has 1 unspecified atom stereocenters. The van der Waals surface area contributed by atoms with Crippen molar-refractivity contribution in [1.29, 1.82) is 0 Å². The van der Waals surface area contributed by atoms with E-state index in [4.69, 9.17) is 4.74 Å². The number of hydrogen-bond acceptors (Lipinski definition) is 5. The lowest BCUT2D eigenvalue weighted by Crippen LogP contribution is -2.31. The number of thiazole rings is 1. The van der Waals surface area contributed by atoms with Gasteiger partial charge in [-0.15, -0.1) is 11.3 Å². The zero-order valence-electron chi connectivity index (χ0n) is 15.6. The molecule has 0 bridgehead atoms. The van der Waals surface area contributed by atoms with E-state index in [1.165, 1.54) is 11.3 Å². The van der Waals surface area contributed by atoms with E-state index in [-0.39, 0.29) is 18.6 Å². The Kier molecular flexibility index (Phi) is 6.53. The average molecular weight is 375 g/mol. The number of aromatic nitrogens is 1. The highest BCUT2D eigenvalue weighted by Crippen LogP contribution is 2.30. The summed E-state index contributed by atoms with van der Waals surface area (Å²) in [6, 6.07) is 7.67. The van der Waals surface area contributed by atoms with Crippen molar-refractivity contribution in [2.75, 3.05) is 6.61 Å². The van der Waals surface area contributed by atoms with Crippen molar-refractivity contribution >= 4 is 23.1 Å². The maximum Gasteiger partial charge on any atom is 0.307 e. The van der Waals surface area contributed by atoms with Gasteiger partial charge in [0.2, 0.25) is 0 Å². The molecule has 5 nitrogen and oxygen atoms in total. The predicted octanol–water partition coefficient (Wildman–Crippen LogP) is 4.46. The van der Waals surface area contributed by atoms with Crippen LogP contribution < -0.4 is 4.74 Å². The molecule has 1 aromatic carbocycles. The molecule has 0 aliphatic rings. The van der Waals surface area contributed by atoms with Gasteiger partial charge in [-0.3, -0.25) is 9.59 Å². The molecule has 0 spiro atoms. The van der Waals surface area contributed by atoms with Gasteiger partial charge in [0.1, 0.15) is 16.5 Å². The van der Waals surface area contributed by atoms with Gasteiger partial charge in [0, 0.05) is 23.8 Å². The number of ketones is 1. The van der Waals surface area contributed by atoms with Crippen molar-refractivity contribution < 1.29 is 19.4 Å². The molecule has 1 N–H and O–H groups in total. The van der Waals surface area contributed by atoms with Gasteiger partial charge in [0.15, 0.2) is 0 Å². The SMILES string of the molecule is CCOc1ccc(-c2nc(CC(=O)CC(C(=O)O)C(C)(C)C)cs2)cc1. The van der Waals surface area contributed by atoms with Crippen LogP contribution in [-0.2, 0) is 16.0 Å². The molecule has 0 saturated heterocycles. The Bertz CT molecular complexity index is 759. The van der Waals surface area contributed by atoms with E-state index in [1.54, 1.807) is 0 Å². The van der Waals surface area contributed by atoms with Crippen molar-refractivity contribution in [3.63, 3.8) is 0 Å². The highest BCUT2D eigenvalue weighted by molar-refractivity contribution is 7.13. The summed E-state index contributed by atoms with van der Waals surface area (Å²) in [4.78, 5) is 28.3. The quantitative estimate of drug-likeness (QED) is 0.737. The van der Waals surface area contributed by atoms with E-state index in [0.717, 1.165) is 16.3 Å². The van der Waals surface area contributed by atoms with Gasteiger partial charge in [-0.05, 0) is 36.6 Å². The minimum atomic E-state index is -0.931. The molecular weight excluding hydrogens is 350 g/mol. The first kappa shape index (κ1) is 20.1. The summed E-state index contributed by atoms with van der Waals surface area (Å²) >= 11 is 1.47. The molecule has 6 heteroatoms.